The zero-order valence-corrected chi connectivity index (χ0v) is 48.1. The molecule has 0 aliphatic heterocycles. The number of hydrogen-bond acceptors (Lipinski definition) is 13. The van der Waals surface area contributed by atoms with Crippen molar-refractivity contribution in [1.82, 2.24) is 30.1 Å². The SMILES string of the molecule is CC=O.CCN(Cc1ccccc1)[C@@H](C)CO.CCN(Cc1ccccc1)[C@@H](C)COc1ccc(C(F)(F)F)cn1.CCN[C@@H](C)COc1ccc(C(F)(F)F)cn1.C[C@H](N)CO.FC(F)(F)c1ccc(Cl)nc1.O=Cc1ccccc1.[BH4-]. The molecule has 0 amide bonds. The van der Waals surface area contributed by atoms with Crippen LogP contribution in [0.15, 0.2) is 146 Å². The Morgan fingerprint density at radius 3 is 1.23 bits per heavy atom. The predicted octanol–water partition coefficient (Wildman–Crippen LogP) is 11.1. The second kappa shape index (κ2) is 44.1. The normalized spacial score (nSPS) is 12.2. The third-order valence-corrected chi connectivity index (χ3v) is 10.9. The molecule has 0 saturated carbocycles. The number of halogens is 10. The van der Waals surface area contributed by atoms with Gasteiger partial charge in [-0.2, -0.15) is 39.5 Å². The molecule has 0 saturated heterocycles. The van der Waals surface area contributed by atoms with Gasteiger partial charge in [-0.05, 0) is 89.6 Å². The van der Waals surface area contributed by atoms with Crippen molar-refractivity contribution < 1.29 is 68.8 Å². The third-order valence-electron chi connectivity index (χ3n) is 10.7. The number of aliphatic hydroxyl groups is 2. The fourth-order valence-electron chi connectivity index (χ4n) is 6.18. The number of hydrogen-bond donors (Lipinski definition) is 4. The molecule has 462 valence electrons. The lowest BCUT2D eigenvalue weighted by Crippen LogP contribution is -2.36. The van der Waals surface area contributed by atoms with Crippen molar-refractivity contribution in [3.05, 3.63) is 185 Å². The molecule has 24 heteroatoms. The molecular weight excluding hydrogens is 1120 g/mol. The molecule has 0 unspecified atom stereocenters. The summed E-state index contributed by atoms with van der Waals surface area (Å²) in [6.45, 7) is 20.7. The van der Waals surface area contributed by atoms with Crippen molar-refractivity contribution in [1.29, 1.82) is 0 Å². The van der Waals surface area contributed by atoms with E-state index in [2.05, 4.69) is 68.2 Å². The number of benzene rings is 3. The van der Waals surface area contributed by atoms with Crippen LogP contribution in [0.3, 0.4) is 0 Å². The number of rotatable bonds is 19. The lowest BCUT2D eigenvalue weighted by molar-refractivity contribution is -0.138. The summed E-state index contributed by atoms with van der Waals surface area (Å²) in [5.41, 5.74) is 5.94. The molecule has 0 aliphatic carbocycles. The van der Waals surface area contributed by atoms with E-state index in [4.69, 9.17) is 41.8 Å². The molecule has 3 aromatic heterocycles. The highest BCUT2D eigenvalue weighted by molar-refractivity contribution is 6.29. The molecule has 3 heterocycles. The van der Waals surface area contributed by atoms with Crippen LogP contribution in [0.1, 0.15) is 93.6 Å². The summed E-state index contributed by atoms with van der Waals surface area (Å²) < 4.78 is 121. The van der Waals surface area contributed by atoms with E-state index in [1.165, 1.54) is 30.2 Å². The van der Waals surface area contributed by atoms with Gasteiger partial charge in [0.15, 0.2) is 0 Å². The lowest BCUT2D eigenvalue weighted by Gasteiger charge is -2.27. The number of carbonyl (C=O) groups excluding carboxylic acids is 2. The monoisotopic (exact) mass is 1200 g/mol. The number of pyridine rings is 3. The Bertz CT molecular complexity index is 2510. The smallest absolute Gasteiger partial charge is 0.417 e. The number of aliphatic hydroxyl groups excluding tert-OH is 2. The molecule has 3 aromatic carbocycles. The van der Waals surface area contributed by atoms with Crippen LogP contribution in [-0.4, -0.2) is 126 Å². The van der Waals surface area contributed by atoms with E-state index in [0.29, 0.717) is 19.4 Å². The highest BCUT2D eigenvalue weighted by Gasteiger charge is 2.32. The number of carbonyl (C=O) groups is 2. The number of alkyl halides is 9. The second-order valence-electron chi connectivity index (χ2n) is 17.6. The number of likely N-dealkylation sites (N-methyl/N-ethyl adjacent to an activating group) is 3. The maximum atomic E-state index is 12.5. The summed E-state index contributed by atoms with van der Waals surface area (Å²) in [6.07, 6.45) is -9.23. The Hall–Kier alpha value is -6.47. The van der Waals surface area contributed by atoms with E-state index in [0.717, 1.165) is 87.5 Å². The maximum Gasteiger partial charge on any atom is 0.417 e. The Balaban J connectivity index is 0. The lowest BCUT2D eigenvalue weighted by atomic mass is 10.2. The van der Waals surface area contributed by atoms with Crippen molar-refractivity contribution in [2.75, 3.05) is 46.1 Å². The topological polar surface area (TPSA) is 176 Å². The van der Waals surface area contributed by atoms with Gasteiger partial charge in [-0.1, -0.05) is 132 Å². The minimum Gasteiger partial charge on any atom is -0.476 e. The minimum absolute atomic E-state index is 0. The van der Waals surface area contributed by atoms with Crippen LogP contribution in [-0.2, 0) is 36.4 Å². The summed E-state index contributed by atoms with van der Waals surface area (Å²) in [6, 6.07) is 36.4. The molecule has 13 nitrogen and oxygen atoms in total. The van der Waals surface area contributed by atoms with Gasteiger partial charge in [-0.3, -0.25) is 14.6 Å². The van der Waals surface area contributed by atoms with E-state index in [1.807, 2.05) is 82.3 Å². The van der Waals surface area contributed by atoms with Crippen LogP contribution in [0.5, 0.6) is 11.8 Å². The first kappa shape index (κ1) is 78.6. The number of aromatic nitrogens is 3. The minimum atomic E-state index is -4.38. The molecule has 0 aliphatic rings. The number of nitrogens with zero attached hydrogens (tertiary/aromatic N) is 5. The quantitative estimate of drug-likeness (QED) is 0.0261. The summed E-state index contributed by atoms with van der Waals surface area (Å²) in [4.78, 5) is 33.9. The first-order valence-corrected chi connectivity index (χ1v) is 26.3. The summed E-state index contributed by atoms with van der Waals surface area (Å²) in [5, 5.41) is 20.3. The first-order valence-electron chi connectivity index (χ1n) is 25.9. The molecule has 0 radical (unpaired) electrons. The zero-order chi connectivity index (χ0) is 62.2. The van der Waals surface area contributed by atoms with Crippen molar-refractivity contribution >= 4 is 32.6 Å². The molecule has 0 spiro atoms. The van der Waals surface area contributed by atoms with Gasteiger partial charge in [0, 0.05) is 73.5 Å². The summed E-state index contributed by atoms with van der Waals surface area (Å²) in [7, 11) is 0. The zero-order valence-electron chi connectivity index (χ0n) is 47.3. The number of nitrogens with two attached hydrogens (primary N) is 1. The van der Waals surface area contributed by atoms with Gasteiger partial charge in [-0.15, -0.1) is 0 Å². The van der Waals surface area contributed by atoms with Gasteiger partial charge in [-0.25, -0.2) is 15.0 Å². The number of aldehydes is 2. The Labute approximate surface area is 489 Å². The van der Waals surface area contributed by atoms with Gasteiger partial charge < -0.3 is 35.5 Å². The fraction of sp³-hybridized carbons (Fsp3) is 0.407. The van der Waals surface area contributed by atoms with Crippen LogP contribution in [0.2, 0.25) is 5.15 Å². The average molecular weight is 1200 g/mol. The van der Waals surface area contributed by atoms with Gasteiger partial charge >= 0.3 is 18.5 Å². The van der Waals surface area contributed by atoms with Gasteiger partial charge in [0.05, 0.1) is 29.9 Å². The van der Waals surface area contributed by atoms with Crippen LogP contribution in [0.25, 0.3) is 0 Å². The van der Waals surface area contributed by atoms with E-state index in [9.17, 15) is 44.3 Å². The van der Waals surface area contributed by atoms with E-state index in [-0.39, 0.29) is 62.7 Å². The number of ether oxygens (including phenoxy) is 2. The first-order chi connectivity index (χ1) is 38.7. The van der Waals surface area contributed by atoms with E-state index >= 15 is 0 Å². The largest absolute Gasteiger partial charge is 0.476 e. The van der Waals surface area contributed by atoms with Crippen LogP contribution >= 0.6 is 11.6 Å². The Morgan fingerprint density at radius 2 is 0.940 bits per heavy atom. The van der Waals surface area contributed by atoms with Crippen molar-refractivity contribution in [3.63, 3.8) is 0 Å². The third kappa shape index (κ3) is 37.4. The summed E-state index contributed by atoms with van der Waals surface area (Å²) in [5.74, 6) is 0.397. The van der Waals surface area contributed by atoms with E-state index < -0.39 is 35.2 Å². The molecule has 83 heavy (non-hydrogen) atoms. The average Bonchev–Trinajstić information content (AvgIpc) is 3.49. The highest BCUT2D eigenvalue weighted by atomic mass is 35.5. The Kier molecular flexibility index (Phi) is 41.8. The molecule has 4 atom stereocenters. The second-order valence-corrected chi connectivity index (χ2v) is 18.0. The van der Waals surface area contributed by atoms with Crippen LogP contribution < -0.4 is 20.5 Å². The van der Waals surface area contributed by atoms with Gasteiger partial charge in [0.1, 0.15) is 30.9 Å². The summed E-state index contributed by atoms with van der Waals surface area (Å²) >= 11 is 5.28. The Morgan fingerprint density at radius 1 is 0.578 bits per heavy atom. The fourth-order valence-corrected chi connectivity index (χ4v) is 6.29. The molecule has 0 fully saturated rings. The molecule has 6 aromatic rings. The van der Waals surface area contributed by atoms with E-state index in [1.54, 1.807) is 19.1 Å². The van der Waals surface area contributed by atoms with Gasteiger partial charge in [0.2, 0.25) is 11.8 Å². The standard InChI is InChI=1S/C18H21F3N2O.C12H19NO.C11H15F3N2O.C7H6O.C6H3ClF3N.C3H9NO.C2H4O.BH4/c1-3-23(12-15-7-5-4-6-8-15)14(2)13-24-17-10-9-16(11-22-17)18(19,20)21;1-3-13(11(2)10-14)9-12-7-5-4-6-8-12;1-3-15-8(2)7-17-10-5-4-9(6-16-10)11(12,13)14;8-6-7-4-2-1-3-5-7;7-5-2-1-4(3-11-5)6(8,9)10;1-3(4)2-5;1-2-3;/h4-11,14H,3,12-13H2,1-2H3;4-8,11,14H,3,9-10H2,1-2H3;4-6,8,15H,3,7H2,1-2H3;1-6H;1-3H;3,5H,2,4H2,1H3;2H,1H3;1H4/q;;;;;;;-1/t14-;11-;8-;;;3-;;/m000..0../s1. The van der Waals surface area contributed by atoms with Gasteiger partial charge in [0.25, 0.3) is 0 Å². The highest BCUT2D eigenvalue weighted by Crippen LogP contribution is 2.31. The number of nitrogens with one attached hydrogen (secondary N) is 1. The molecule has 0 bridgehead atoms. The molecule has 5 N–H and O–H groups in total. The van der Waals surface area contributed by atoms with Crippen molar-refractivity contribution in [2.24, 2.45) is 5.73 Å². The predicted molar refractivity (Wildman–Crippen MR) is 314 cm³/mol. The molecule has 6 rings (SSSR count). The van der Waals surface area contributed by atoms with Crippen molar-refractivity contribution in [3.8, 4) is 11.8 Å². The van der Waals surface area contributed by atoms with Crippen LogP contribution in [0.4, 0.5) is 39.5 Å². The van der Waals surface area contributed by atoms with Crippen LogP contribution in [0, 0.1) is 0 Å². The molecular formula is C59H81BClF9N7O6-. The van der Waals surface area contributed by atoms with Crippen molar-refractivity contribution in [2.45, 2.75) is 111 Å². The maximum absolute atomic E-state index is 12.5.